The van der Waals surface area contributed by atoms with Crippen LogP contribution in [0.1, 0.15) is 12.6 Å². The molecule has 1 N–H and O–H groups in total. The number of hydrogen-bond acceptors (Lipinski definition) is 3. The van der Waals surface area contributed by atoms with Crippen molar-refractivity contribution in [3.05, 3.63) is 35.0 Å². The predicted molar refractivity (Wildman–Crippen MR) is 64.7 cm³/mol. The van der Waals surface area contributed by atoms with Crippen LogP contribution in [0.15, 0.2) is 24.5 Å². The summed E-state index contributed by atoms with van der Waals surface area (Å²) in [5.41, 5.74) is 2.08. The highest BCUT2D eigenvalue weighted by atomic mass is 32.1. The summed E-state index contributed by atoms with van der Waals surface area (Å²) in [4.78, 5) is 7.20. The first kappa shape index (κ1) is 10.9. The van der Waals surface area contributed by atoms with Crippen LogP contribution < -0.4 is 4.74 Å². The average Bonchev–Trinajstić information content (AvgIpc) is 2.70. The van der Waals surface area contributed by atoms with Crippen LogP contribution in [0, 0.1) is 4.77 Å². The van der Waals surface area contributed by atoms with Crippen LogP contribution in [0.5, 0.6) is 5.88 Å². The number of ether oxygens (including phenoxy) is 1. The smallest absolute Gasteiger partial charge is 0.213 e. The zero-order valence-corrected chi connectivity index (χ0v) is 10.0. The van der Waals surface area contributed by atoms with Crippen LogP contribution in [0.3, 0.4) is 0 Å². The summed E-state index contributed by atoms with van der Waals surface area (Å²) in [6.45, 7) is 2.09. The second-order valence-corrected chi connectivity index (χ2v) is 3.72. The number of aromatic nitrogens is 3. The van der Waals surface area contributed by atoms with Gasteiger partial charge in [-0.05, 0) is 24.7 Å². The molecule has 2 aromatic rings. The van der Waals surface area contributed by atoms with Gasteiger partial charge in [0.2, 0.25) is 5.88 Å². The number of rotatable bonds is 3. The molecule has 2 rings (SSSR count). The van der Waals surface area contributed by atoms with Gasteiger partial charge in [0.05, 0.1) is 19.0 Å². The van der Waals surface area contributed by atoms with Crippen LogP contribution in [0.25, 0.3) is 5.69 Å². The Morgan fingerprint density at radius 2 is 2.31 bits per heavy atom. The number of aryl methyl sites for hydroxylation is 1. The molecule has 0 aliphatic carbocycles. The number of nitrogens with zero attached hydrogens (tertiary/aromatic N) is 2. The van der Waals surface area contributed by atoms with Crippen LogP contribution in [-0.4, -0.2) is 21.6 Å². The van der Waals surface area contributed by atoms with Crippen molar-refractivity contribution in [2.24, 2.45) is 0 Å². The van der Waals surface area contributed by atoms with Gasteiger partial charge < -0.3 is 9.72 Å². The molecule has 0 aliphatic heterocycles. The molecule has 0 atom stereocenters. The molecule has 0 amide bonds. The Balaban J connectivity index is 2.49. The van der Waals surface area contributed by atoms with Gasteiger partial charge in [-0.3, -0.25) is 4.57 Å². The summed E-state index contributed by atoms with van der Waals surface area (Å²) < 4.78 is 7.68. The van der Waals surface area contributed by atoms with E-state index in [9.17, 15) is 0 Å². The Labute approximate surface area is 98.9 Å². The van der Waals surface area contributed by atoms with Crippen molar-refractivity contribution in [2.75, 3.05) is 7.11 Å². The van der Waals surface area contributed by atoms with Crippen molar-refractivity contribution >= 4 is 12.2 Å². The minimum atomic E-state index is 0.601. The summed E-state index contributed by atoms with van der Waals surface area (Å²) >= 11 is 5.23. The molecule has 0 radical (unpaired) electrons. The molecule has 0 spiro atoms. The molecule has 2 heterocycles. The molecule has 84 valence electrons. The molecule has 0 unspecified atom stereocenters. The fourth-order valence-corrected chi connectivity index (χ4v) is 1.85. The highest BCUT2D eigenvalue weighted by Gasteiger charge is 2.05. The number of hydrogen-bond donors (Lipinski definition) is 1. The molecule has 5 heteroatoms. The molecule has 0 aromatic carbocycles. The van der Waals surface area contributed by atoms with Crippen molar-refractivity contribution in [2.45, 2.75) is 13.3 Å². The number of pyridine rings is 1. The van der Waals surface area contributed by atoms with E-state index in [0.717, 1.165) is 17.8 Å². The van der Waals surface area contributed by atoms with E-state index < -0.39 is 0 Å². The Morgan fingerprint density at radius 1 is 1.50 bits per heavy atom. The summed E-state index contributed by atoms with van der Waals surface area (Å²) in [6.07, 6.45) is 4.59. The van der Waals surface area contributed by atoms with Gasteiger partial charge in [0, 0.05) is 18.0 Å². The van der Waals surface area contributed by atoms with E-state index >= 15 is 0 Å². The lowest BCUT2D eigenvalue weighted by molar-refractivity contribution is 0.398. The van der Waals surface area contributed by atoms with Gasteiger partial charge in [0.15, 0.2) is 4.77 Å². The quantitative estimate of drug-likeness (QED) is 0.831. The van der Waals surface area contributed by atoms with Gasteiger partial charge in [-0.25, -0.2) is 4.98 Å². The number of H-pyrrole nitrogens is 1. The second kappa shape index (κ2) is 4.49. The van der Waals surface area contributed by atoms with E-state index in [4.69, 9.17) is 17.0 Å². The van der Waals surface area contributed by atoms with Gasteiger partial charge in [0.1, 0.15) is 0 Å². The first-order chi connectivity index (χ1) is 7.76. The number of aromatic amines is 1. The zero-order valence-electron chi connectivity index (χ0n) is 9.23. The molecule has 0 bridgehead atoms. The van der Waals surface area contributed by atoms with Gasteiger partial charge in [-0.15, -0.1) is 0 Å². The normalized spacial score (nSPS) is 10.4. The van der Waals surface area contributed by atoms with Crippen LogP contribution in [-0.2, 0) is 6.42 Å². The van der Waals surface area contributed by atoms with Crippen molar-refractivity contribution in [3.63, 3.8) is 0 Å². The number of methoxy groups -OCH3 is 1. The molecular weight excluding hydrogens is 222 g/mol. The largest absolute Gasteiger partial charge is 0.481 e. The summed E-state index contributed by atoms with van der Waals surface area (Å²) in [5, 5.41) is 0. The highest BCUT2D eigenvalue weighted by molar-refractivity contribution is 7.71. The molecule has 0 fully saturated rings. The Bertz CT molecular complexity index is 527. The summed E-state index contributed by atoms with van der Waals surface area (Å²) in [7, 11) is 1.60. The minimum Gasteiger partial charge on any atom is -0.481 e. The first-order valence-corrected chi connectivity index (χ1v) is 5.46. The molecule has 2 aromatic heterocycles. The Kier molecular flexibility index (Phi) is 3.05. The predicted octanol–water partition coefficient (Wildman–Crippen LogP) is 2.50. The summed E-state index contributed by atoms with van der Waals surface area (Å²) in [6, 6.07) is 3.76. The van der Waals surface area contributed by atoms with Crippen molar-refractivity contribution in [1.82, 2.24) is 14.5 Å². The molecule has 0 aliphatic rings. The Hall–Kier alpha value is -1.62. The van der Waals surface area contributed by atoms with Gasteiger partial charge in [0.25, 0.3) is 0 Å². The van der Waals surface area contributed by atoms with E-state index in [1.54, 1.807) is 13.3 Å². The van der Waals surface area contributed by atoms with Gasteiger partial charge >= 0.3 is 0 Å². The van der Waals surface area contributed by atoms with Crippen molar-refractivity contribution < 1.29 is 4.74 Å². The van der Waals surface area contributed by atoms with Crippen LogP contribution in [0.4, 0.5) is 0 Å². The van der Waals surface area contributed by atoms with Crippen LogP contribution >= 0.6 is 12.2 Å². The lowest BCUT2D eigenvalue weighted by Crippen LogP contribution is -2.00. The first-order valence-electron chi connectivity index (χ1n) is 5.06. The maximum absolute atomic E-state index is 5.23. The highest BCUT2D eigenvalue weighted by Crippen LogP contribution is 2.14. The third-order valence-electron chi connectivity index (χ3n) is 2.40. The van der Waals surface area contributed by atoms with E-state index in [1.807, 2.05) is 22.9 Å². The van der Waals surface area contributed by atoms with Crippen LogP contribution in [0.2, 0.25) is 0 Å². The minimum absolute atomic E-state index is 0.601. The molecule has 16 heavy (non-hydrogen) atoms. The van der Waals surface area contributed by atoms with E-state index in [1.165, 1.54) is 0 Å². The van der Waals surface area contributed by atoms with Gasteiger partial charge in [-0.1, -0.05) is 6.92 Å². The van der Waals surface area contributed by atoms with E-state index in [-0.39, 0.29) is 0 Å². The SMILES string of the molecule is CCc1c[nH]c(=S)n1-c1ccc(OC)nc1. The standard InChI is InChI=1S/C11H13N3OS/c1-3-8-6-13-11(16)14(8)9-4-5-10(15-2)12-7-9/h4-7H,3H2,1-2H3,(H,13,16). The number of imidazole rings is 1. The molecule has 0 saturated heterocycles. The van der Waals surface area contributed by atoms with Gasteiger partial charge in [-0.2, -0.15) is 0 Å². The third kappa shape index (κ3) is 1.86. The van der Waals surface area contributed by atoms with E-state index in [2.05, 4.69) is 16.9 Å². The summed E-state index contributed by atoms with van der Waals surface area (Å²) in [5.74, 6) is 0.601. The monoisotopic (exact) mass is 235 g/mol. The fourth-order valence-electron chi connectivity index (χ4n) is 1.57. The lowest BCUT2D eigenvalue weighted by Gasteiger charge is -2.06. The zero-order chi connectivity index (χ0) is 11.5. The molecule has 0 saturated carbocycles. The van der Waals surface area contributed by atoms with E-state index in [0.29, 0.717) is 10.7 Å². The average molecular weight is 235 g/mol. The molecular formula is C11H13N3OS. The number of nitrogens with one attached hydrogen (secondary N) is 1. The maximum Gasteiger partial charge on any atom is 0.213 e. The molecule has 4 nitrogen and oxygen atoms in total. The second-order valence-electron chi connectivity index (χ2n) is 3.33. The lowest BCUT2D eigenvalue weighted by atomic mass is 10.3. The third-order valence-corrected chi connectivity index (χ3v) is 2.70. The topological polar surface area (TPSA) is 42.8 Å². The maximum atomic E-state index is 5.23. The fraction of sp³-hybridized carbons (Fsp3) is 0.273. The Morgan fingerprint density at radius 3 is 2.88 bits per heavy atom. The van der Waals surface area contributed by atoms with Crippen molar-refractivity contribution in [1.29, 1.82) is 0 Å². The van der Waals surface area contributed by atoms with Crippen molar-refractivity contribution in [3.8, 4) is 11.6 Å².